The summed E-state index contributed by atoms with van der Waals surface area (Å²) in [7, 11) is 0. The normalized spacial score (nSPS) is 9.43. The van der Waals surface area contributed by atoms with Gasteiger partial charge in [0, 0.05) is 11.6 Å². The first-order chi connectivity index (χ1) is 6.27. The summed E-state index contributed by atoms with van der Waals surface area (Å²) in [6.07, 6.45) is 1.65. The Morgan fingerprint density at radius 2 is 1.86 bits per heavy atom. The Balaban J connectivity index is 0.000000980. The molecule has 4 heteroatoms. The van der Waals surface area contributed by atoms with E-state index in [1.54, 1.807) is 12.3 Å². The summed E-state index contributed by atoms with van der Waals surface area (Å²) in [5.41, 5.74) is 5.41. The van der Waals surface area contributed by atoms with Crippen LogP contribution in [0.25, 0.3) is 10.8 Å². The Morgan fingerprint density at radius 1 is 1.21 bits per heavy atom. The molecule has 0 saturated heterocycles. The summed E-state index contributed by atoms with van der Waals surface area (Å²) in [6, 6.07) is 9.38. The predicted octanol–water partition coefficient (Wildman–Crippen LogP) is 0.509. The molecule has 1 aromatic heterocycles. The van der Waals surface area contributed by atoms with Crippen LogP contribution in [0.2, 0.25) is 0 Å². The van der Waals surface area contributed by atoms with Gasteiger partial charge in [-0.05, 0) is 11.5 Å². The second-order valence-electron chi connectivity index (χ2n) is 2.78. The molecule has 4 nitrogen and oxygen atoms in total. The number of nitrogens with two attached hydrogens (primary N) is 1. The molecule has 4 N–H and O–H groups in total. The van der Waals surface area contributed by atoms with Crippen LogP contribution in [0.3, 0.4) is 0 Å². The molecule has 72 valence electrons. The average molecular weight is 190 g/mol. The number of nitrogens with zero attached hydrogens (tertiary/aromatic N) is 1. The second-order valence-corrected chi connectivity index (χ2v) is 2.78. The fourth-order valence-corrected chi connectivity index (χ4v) is 1.22. The number of primary amides is 1. The maximum atomic E-state index is 10.8. The van der Waals surface area contributed by atoms with Crippen LogP contribution >= 0.6 is 0 Å². The van der Waals surface area contributed by atoms with E-state index in [1.807, 2.05) is 24.3 Å². The summed E-state index contributed by atoms with van der Waals surface area (Å²) in [5, 5.41) is 1.99. The largest absolute Gasteiger partial charge is 0.412 e. The average Bonchev–Trinajstić information content (AvgIpc) is 2.17. The van der Waals surface area contributed by atoms with E-state index < -0.39 is 5.91 Å². The summed E-state index contributed by atoms with van der Waals surface area (Å²) in [5.74, 6) is -0.495. The van der Waals surface area contributed by atoms with E-state index in [0.29, 0.717) is 5.69 Å². The molecule has 0 spiro atoms. The molecule has 0 radical (unpaired) electrons. The quantitative estimate of drug-likeness (QED) is 0.710. The lowest BCUT2D eigenvalue weighted by Crippen LogP contribution is -2.12. The van der Waals surface area contributed by atoms with Gasteiger partial charge in [0.15, 0.2) is 0 Å². The first kappa shape index (κ1) is 10.1. The van der Waals surface area contributed by atoms with Crippen molar-refractivity contribution in [3.63, 3.8) is 0 Å². The third-order valence-electron chi connectivity index (χ3n) is 1.88. The predicted molar refractivity (Wildman–Crippen MR) is 53.9 cm³/mol. The van der Waals surface area contributed by atoms with E-state index >= 15 is 0 Å². The lowest BCUT2D eigenvalue weighted by molar-refractivity contribution is 0.0996. The van der Waals surface area contributed by atoms with Crippen molar-refractivity contribution in [3.8, 4) is 0 Å². The van der Waals surface area contributed by atoms with Crippen LogP contribution < -0.4 is 5.73 Å². The van der Waals surface area contributed by atoms with Crippen molar-refractivity contribution in [2.45, 2.75) is 0 Å². The third-order valence-corrected chi connectivity index (χ3v) is 1.88. The minimum absolute atomic E-state index is 0. The number of hydrogen-bond donors (Lipinski definition) is 1. The van der Waals surface area contributed by atoms with Crippen molar-refractivity contribution in [2.75, 3.05) is 0 Å². The first-order valence-corrected chi connectivity index (χ1v) is 3.92. The zero-order chi connectivity index (χ0) is 9.26. The smallest absolute Gasteiger partial charge is 0.267 e. The van der Waals surface area contributed by atoms with E-state index in [2.05, 4.69) is 4.98 Å². The van der Waals surface area contributed by atoms with Gasteiger partial charge in [-0.2, -0.15) is 0 Å². The Kier molecular flexibility index (Phi) is 2.79. The van der Waals surface area contributed by atoms with Crippen LogP contribution in [0.4, 0.5) is 0 Å². The number of pyridine rings is 1. The zero-order valence-corrected chi connectivity index (χ0v) is 7.40. The van der Waals surface area contributed by atoms with Crippen molar-refractivity contribution in [2.24, 2.45) is 5.73 Å². The second kappa shape index (κ2) is 3.85. The fourth-order valence-electron chi connectivity index (χ4n) is 1.22. The van der Waals surface area contributed by atoms with Gasteiger partial charge in [0.2, 0.25) is 0 Å². The number of carbonyl (C=O) groups is 1. The molecular formula is C10H10N2O2. The van der Waals surface area contributed by atoms with Crippen molar-refractivity contribution in [1.82, 2.24) is 4.98 Å². The van der Waals surface area contributed by atoms with Crippen molar-refractivity contribution in [3.05, 3.63) is 42.2 Å². The fraction of sp³-hybridized carbons (Fsp3) is 0. The molecule has 1 aromatic carbocycles. The summed E-state index contributed by atoms with van der Waals surface area (Å²) in [4.78, 5) is 14.7. The molecule has 0 fully saturated rings. The minimum Gasteiger partial charge on any atom is -0.412 e. The van der Waals surface area contributed by atoms with E-state index in [4.69, 9.17) is 5.73 Å². The minimum atomic E-state index is -0.495. The Hall–Kier alpha value is -1.94. The van der Waals surface area contributed by atoms with E-state index in [0.717, 1.165) is 10.8 Å². The molecule has 2 rings (SSSR count). The van der Waals surface area contributed by atoms with Gasteiger partial charge in [-0.25, -0.2) is 0 Å². The summed E-state index contributed by atoms with van der Waals surface area (Å²) in [6.45, 7) is 0. The molecule has 14 heavy (non-hydrogen) atoms. The summed E-state index contributed by atoms with van der Waals surface area (Å²) < 4.78 is 0. The molecule has 1 heterocycles. The van der Waals surface area contributed by atoms with Gasteiger partial charge >= 0.3 is 0 Å². The number of aromatic nitrogens is 1. The number of rotatable bonds is 1. The van der Waals surface area contributed by atoms with Crippen LogP contribution in [0, 0.1) is 0 Å². The van der Waals surface area contributed by atoms with Crippen molar-refractivity contribution >= 4 is 16.7 Å². The standard InChI is InChI=1S/C10H8N2O.H2O/c11-10(13)9-5-7-3-1-2-4-8(7)6-12-9;/h1-6H,(H2,11,13);1H2. The van der Waals surface area contributed by atoms with Gasteiger partial charge < -0.3 is 11.2 Å². The highest BCUT2D eigenvalue weighted by atomic mass is 16.1. The Bertz CT molecular complexity index is 468. The van der Waals surface area contributed by atoms with Gasteiger partial charge in [0.25, 0.3) is 5.91 Å². The Labute approximate surface area is 80.7 Å². The third kappa shape index (κ3) is 1.70. The highest BCUT2D eigenvalue weighted by Gasteiger charge is 2.01. The molecule has 2 aromatic rings. The molecule has 0 saturated carbocycles. The van der Waals surface area contributed by atoms with Crippen LogP contribution in [0.5, 0.6) is 0 Å². The number of hydrogen-bond acceptors (Lipinski definition) is 2. The van der Waals surface area contributed by atoms with Gasteiger partial charge in [0.05, 0.1) is 0 Å². The van der Waals surface area contributed by atoms with Crippen LogP contribution in [-0.4, -0.2) is 16.4 Å². The van der Waals surface area contributed by atoms with E-state index in [1.165, 1.54) is 0 Å². The lowest BCUT2D eigenvalue weighted by atomic mass is 10.1. The van der Waals surface area contributed by atoms with Gasteiger partial charge in [-0.1, -0.05) is 24.3 Å². The van der Waals surface area contributed by atoms with E-state index in [-0.39, 0.29) is 5.48 Å². The topological polar surface area (TPSA) is 87.5 Å². The molecular weight excluding hydrogens is 180 g/mol. The Morgan fingerprint density at radius 3 is 2.50 bits per heavy atom. The van der Waals surface area contributed by atoms with Crippen LogP contribution in [-0.2, 0) is 0 Å². The van der Waals surface area contributed by atoms with Crippen molar-refractivity contribution in [1.29, 1.82) is 0 Å². The van der Waals surface area contributed by atoms with E-state index in [9.17, 15) is 4.79 Å². The molecule has 0 aliphatic heterocycles. The zero-order valence-electron chi connectivity index (χ0n) is 7.40. The lowest BCUT2D eigenvalue weighted by Gasteiger charge is -1.97. The van der Waals surface area contributed by atoms with Crippen LogP contribution in [0.1, 0.15) is 10.5 Å². The number of fused-ring (bicyclic) bond motifs is 1. The molecule has 0 aliphatic carbocycles. The molecule has 1 amide bonds. The molecule has 0 unspecified atom stereocenters. The molecule has 0 bridgehead atoms. The maximum Gasteiger partial charge on any atom is 0.267 e. The highest BCUT2D eigenvalue weighted by molar-refractivity contribution is 5.95. The van der Waals surface area contributed by atoms with Crippen LogP contribution in [0.15, 0.2) is 36.5 Å². The maximum absolute atomic E-state index is 10.8. The monoisotopic (exact) mass is 190 g/mol. The summed E-state index contributed by atoms with van der Waals surface area (Å²) >= 11 is 0. The first-order valence-electron chi connectivity index (χ1n) is 3.92. The molecule has 0 atom stereocenters. The van der Waals surface area contributed by atoms with Gasteiger partial charge in [-0.15, -0.1) is 0 Å². The molecule has 0 aliphatic rings. The SMILES string of the molecule is NC(=O)c1cc2ccccc2cn1.O. The number of carbonyl (C=O) groups excluding carboxylic acids is 1. The van der Waals surface area contributed by atoms with Gasteiger partial charge in [-0.3, -0.25) is 9.78 Å². The number of benzene rings is 1. The van der Waals surface area contributed by atoms with Crippen molar-refractivity contribution < 1.29 is 10.3 Å². The van der Waals surface area contributed by atoms with Gasteiger partial charge in [0.1, 0.15) is 5.69 Å². The highest BCUT2D eigenvalue weighted by Crippen LogP contribution is 2.12. The number of amides is 1.